The van der Waals surface area contributed by atoms with Gasteiger partial charge in [-0.25, -0.2) is 0 Å². The number of nitrogens with zero attached hydrogens (tertiary/aromatic N) is 3. The van der Waals surface area contributed by atoms with Crippen LogP contribution in [0.2, 0.25) is 0 Å². The molecule has 0 aliphatic heterocycles. The molecule has 0 amide bonds. The molecule has 0 aliphatic carbocycles. The Kier molecular flexibility index (Phi) is 7.03. The van der Waals surface area contributed by atoms with Gasteiger partial charge in [0.2, 0.25) is 0 Å². The predicted molar refractivity (Wildman–Crippen MR) is 72.0 cm³/mol. The van der Waals surface area contributed by atoms with Gasteiger partial charge in [0.05, 0.1) is 11.6 Å². The average molecular weight is 237 g/mol. The number of hydrogen-bond acceptors (Lipinski definition) is 3. The van der Waals surface area contributed by atoms with Gasteiger partial charge < -0.3 is 0 Å². The molecule has 0 N–H and O–H groups in total. The zero-order chi connectivity index (χ0) is 13.4. The van der Waals surface area contributed by atoms with Crippen LogP contribution in [0.15, 0.2) is 10.2 Å². The normalized spacial score (nSPS) is 15.8. The Morgan fingerprint density at radius 1 is 0.941 bits per heavy atom. The van der Waals surface area contributed by atoms with E-state index in [1.807, 2.05) is 20.8 Å². The minimum Gasteiger partial charge on any atom is -0.196 e. The zero-order valence-electron chi connectivity index (χ0n) is 12.1. The molecule has 1 atom stereocenters. The summed E-state index contributed by atoms with van der Waals surface area (Å²) in [6.45, 7) is 10.3. The van der Waals surface area contributed by atoms with E-state index in [0.717, 1.165) is 32.1 Å². The van der Waals surface area contributed by atoms with Crippen molar-refractivity contribution in [3.8, 4) is 6.07 Å². The van der Waals surface area contributed by atoms with Crippen molar-refractivity contribution >= 4 is 0 Å². The second-order valence-corrected chi connectivity index (χ2v) is 5.72. The Morgan fingerprint density at radius 2 is 1.59 bits per heavy atom. The molecule has 3 heteroatoms. The Hall–Kier alpha value is -0.910. The summed E-state index contributed by atoms with van der Waals surface area (Å²) in [6.07, 6.45) is 6.02. The summed E-state index contributed by atoms with van der Waals surface area (Å²) >= 11 is 0. The molecule has 0 rings (SSSR count). The van der Waals surface area contributed by atoms with Crippen molar-refractivity contribution in [2.24, 2.45) is 10.2 Å². The van der Waals surface area contributed by atoms with E-state index in [2.05, 4.69) is 30.1 Å². The molecule has 0 saturated heterocycles. The lowest BCUT2D eigenvalue weighted by Gasteiger charge is -2.22. The molecule has 0 aromatic heterocycles. The predicted octanol–water partition coefficient (Wildman–Crippen LogP) is 4.88. The largest absolute Gasteiger partial charge is 0.196 e. The van der Waals surface area contributed by atoms with Gasteiger partial charge in [-0.05, 0) is 40.0 Å². The van der Waals surface area contributed by atoms with Crippen molar-refractivity contribution in [1.29, 1.82) is 5.26 Å². The molecule has 0 heterocycles. The first-order chi connectivity index (χ1) is 7.89. The molecule has 0 saturated carbocycles. The topological polar surface area (TPSA) is 48.5 Å². The highest BCUT2D eigenvalue weighted by molar-refractivity contribution is 5.06. The Labute approximate surface area is 106 Å². The summed E-state index contributed by atoms with van der Waals surface area (Å²) in [4.78, 5) is 0. The van der Waals surface area contributed by atoms with Crippen molar-refractivity contribution in [3.63, 3.8) is 0 Å². The Bertz CT molecular complexity index is 270. The quantitative estimate of drug-likeness (QED) is 0.460. The molecule has 0 aromatic rings. The van der Waals surface area contributed by atoms with E-state index >= 15 is 0 Å². The molecule has 0 aliphatic rings. The summed E-state index contributed by atoms with van der Waals surface area (Å²) in [5.74, 6) is 0. The van der Waals surface area contributed by atoms with Gasteiger partial charge in [0.15, 0.2) is 5.54 Å². The van der Waals surface area contributed by atoms with Crippen LogP contribution in [-0.2, 0) is 0 Å². The van der Waals surface area contributed by atoms with Gasteiger partial charge in [-0.2, -0.15) is 15.5 Å². The van der Waals surface area contributed by atoms with E-state index in [4.69, 9.17) is 0 Å². The van der Waals surface area contributed by atoms with Crippen molar-refractivity contribution in [2.75, 3.05) is 0 Å². The Balaban J connectivity index is 4.71. The van der Waals surface area contributed by atoms with Crippen LogP contribution < -0.4 is 0 Å². The maximum atomic E-state index is 9.40. The van der Waals surface area contributed by atoms with Gasteiger partial charge in [-0.15, -0.1) is 0 Å². The first kappa shape index (κ1) is 16.1. The molecule has 98 valence electrons. The fourth-order valence-corrected chi connectivity index (χ4v) is 1.69. The van der Waals surface area contributed by atoms with Gasteiger partial charge in [-0.1, -0.05) is 33.1 Å². The van der Waals surface area contributed by atoms with Crippen molar-refractivity contribution < 1.29 is 0 Å². The van der Waals surface area contributed by atoms with Gasteiger partial charge >= 0.3 is 0 Å². The van der Waals surface area contributed by atoms with Gasteiger partial charge in [0.1, 0.15) is 0 Å². The number of rotatable bonds is 7. The molecule has 17 heavy (non-hydrogen) atoms. The summed E-state index contributed by atoms with van der Waals surface area (Å²) in [5, 5.41) is 18.1. The summed E-state index contributed by atoms with van der Waals surface area (Å²) < 4.78 is 0. The van der Waals surface area contributed by atoms with Crippen LogP contribution in [0.3, 0.4) is 0 Å². The van der Waals surface area contributed by atoms with Crippen LogP contribution in [-0.4, -0.2) is 11.1 Å². The molecule has 0 bridgehead atoms. The molecule has 0 aromatic carbocycles. The second-order valence-electron chi connectivity index (χ2n) is 5.72. The highest BCUT2D eigenvalue weighted by Gasteiger charge is 2.29. The number of azo groups is 1. The van der Waals surface area contributed by atoms with E-state index in [1.54, 1.807) is 0 Å². The van der Waals surface area contributed by atoms with Crippen LogP contribution in [0.1, 0.15) is 73.1 Å². The highest BCUT2D eigenvalue weighted by Crippen LogP contribution is 2.27. The third kappa shape index (κ3) is 7.10. The fourth-order valence-electron chi connectivity index (χ4n) is 1.69. The van der Waals surface area contributed by atoms with Crippen molar-refractivity contribution in [3.05, 3.63) is 0 Å². The molecule has 0 fully saturated rings. The van der Waals surface area contributed by atoms with Crippen LogP contribution in [0.4, 0.5) is 0 Å². The SMILES string of the molecule is CCCCCC(C#N)(CCC)N=NC(C)(C)C. The van der Waals surface area contributed by atoms with Crippen LogP contribution in [0.25, 0.3) is 0 Å². The van der Waals surface area contributed by atoms with Crippen molar-refractivity contribution in [2.45, 2.75) is 84.2 Å². The van der Waals surface area contributed by atoms with Crippen LogP contribution in [0, 0.1) is 11.3 Å². The lowest BCUT2D eigenvalue weighted by molar-refractivity contribution is 0.392. The smallest absolute Gasteiger partial charge is 0.167 e. The minimum absolute atomic E-state index is 0.194. The molecule has 0 radical (unpaired) electrons. The maximum absolute atomic E-state index is 9.40. The van der Waals surface area contributed by atoms with Crippen LogP contribution in [0.5, 0.6) is 0 Å². The first-order valence-corrected chi connectivity index (χ1v) is 6.74. The van der Waals surface area contributed by atoms with Gasteiger partial charge in [0, 0.05) is 0 Å². The first-order valence-electron chi connectivity index (χ1n) is 6.74. The third-order valence-corrected chi connectivity index (χ3v) is 2.61. The molecule has 0 spiro atoms. The average Bonchev–Trinajstić information content (AvgIpc) is 2.25. The monoisotopic (exact) mass is 237 g/mol. The van der Waals surface area contributed by atoms with Gasteiger partial charge in [0.25, 0.3) is 0 Å². The standard InChI is InChI=1S/C14H27N3/c1-6-8-9-11-14(12-15,10-7-2)17-16-13(3,4)5/h6-11H2,1-5H3. The van der Waals surface area contributed by atoms with E-state index in [0.29, 0.717) is 0 Å². The van der Waals surface area contributed by atoms with Crippen LogP contribution >= 0.6 is 0 Å². The lowest BCUT2D eigenvalue weighted by atomic mass is 9.90. The summed E-state index contributed by atoms with van der Waals surface area (Å²) in [5.41, 5.74) is -0.780. The van der Waals surface area contributed by atoms with Crippen molar-refractivity contribution in [1.82, 2.24) is 0 Å². The maximum Gasteiger partial charge on any atom is 0.167 e. The van der Waals surface area contributed by atoms with E-state index in [9.17, 15) is 5.26 Å². The number of hydrogen-bond donors (Lipinski definition) is 0. The summed E-state index contributed by atoms with van der Waals surface area (Å²) in [6, 6.07) is 2.39. The minimum atomic E-state index is -0.586. The third-order valence-electron chi connectivity index (χ3n) is 2.61. The van der Waals surface area contributed by atoms with Gasteiger partial charge in [-0.3, -0.25) is 0 Å². The highest BCUT2D eigenvalue weighted by atomic mass is 15.2. The molecule has 3 nitrogen and oxygen atoms in total. The fraction of sp³-hybridized carbons (Fsp3) is 0.929. The van der Waals surface area contributed by atoms with E-state index in [1.165, 1.54) is 6.42 Å². The number of nitriles is 1. The lowest BCUT2D eigenvalue weighted by Crippen LogP contribution is -2.25. The zero-order valence-corrected chi connectivity index (χ0v) is 12.1. The molecular formula is C14H27N3. The Morgan fingerprint density at radius 3 is 2.00 bits per heavy atom. The summed E-state index contributed by atoms with van der Waals surface area (Å²) in [7, 11) is 0. The molecule has 1 unspecified atom stereocenters. The van der Waals surface area contributed by atoms with E-state index < -0.39 is 5.54 Å². The molecular weight excluding hydrogens is 210 g/mol. The second kappa shape index (κ2) is 7.42. The van der Waals surface area contributed by atoms with E-state index in [-0.39, 0.29) is 5.54 Å². The number of unbranched alkanes of at least 4 members (excludes halogenated alkanes) is 2.